The summed E-state index contributed by atoms with van der Waals surface area (Å²) in [5, 5.41) is 15.9. The number of fused-ring (bicyclic) bond motifs is 1. The number of pyridine rings is 1. The summed E-state index contributed by atoms with van der Waals surface area (Å²) < 4.78 is 2.20. The highest BCUT2D eigenvalue weighted by atomic mass is 35.5. The third-order valence-corrected chi connectivity index (χ3v) is 6.72. The molecule has 1 amide bonds. The van der Waals surface area contributed by atoms with E-state index in [1.54, 1.807) is 0 Å². The minimum Gasteiger partial charge on any atom is -0.358 e. The number of aromatic nitrogens is 3. The Labute approximate surface area is 193 Å². The zero-order valence-corrected chi connectivity index (χ0v) is 18.9. The van der Waals surface area contributed by atoms with Crippen LogP contribution in [0.1, 0.15) is 48.2 Å². The summed E-state index contributed by atoms with van der Waals surface area (Å²) >= 11 is 6.10. The second-order valence-corrected chi connectivity index (χ2v) is 9.19. The molecule has 8 heteroatoms. The summed E-state index contributed by atoms with van der Waals surface area (Å²) in [6.07, 6.45) is 5.86. The van der Waals surface area contributed by atoms with Crippen molar-refractivity contribution < 1.29 is 4.79 Å². The first-order valence-electron chi connectivity index (χ1n) is 11.6. The molecule has 0 bridgehead atoms. The first-order valence-corrected chi connectivity index (χ1v) is 11.9. The van der Waals surface area contributed by atoms with Crippen molar-refractivity contribution in [3.63, 3.8) is 0 Å². The molecule has 168 valence electrons. The van der Waals surface area contributed by atoms with Gasteiger partial charge in [-0.2, -0.15) is 0 Å². The molecule has 5 rings (SSSR count). The molecular weight excluding hydrogens is 424 g/mol. The Hall–Kier alpha value is -2.64. The minimum absolute atomic E-state index is 0.145. The predicted octanol–water partition coefficient (Wildman–Crippen LogP) is 3.56. The third-order valence-electron chi connectivity index (χ3n) is 6.47. The van der Waals surface area contributed by atoms with Crippen molar-refractivity contribution in [1.82, 2.24) is 25.4 Å². The highest BCUT2D eigenvalue weighted by molar-refractivity contribution is 6.30. The zero-order chi connectivity index (χ0) is 21.9. The average molecular weight is 453 g/mol. The van der Waals surface area contributed by atoms with Crippen LogP contribution in [0.3, 0.4) is 0 Å². The maximum absolute atomic E-state index is 12.9. The maximum Gasteiger partial charge on any atom is 0.272 e. The molecule has 0 spiro atoms. The first kappa shape index (κ1) is 21.2. The van der Waals surface area contributed by atoms with Crippen LogP contribution < -0.4 is 15.5 Å². The molecule has 0 radical (unpaired) electrons. The highest BCUT2D eigenvalue weighted by Crippen LogP contribution is 2.31. The van der Waals surface area contributed by atoms with Crippen LogP contribution in [-0.4, -0.2) is 52.9 Å². The van der Waals surface area contributed by atoms with Crippen LogP contribution in [0.4, 0.5) is 5.82 Å². The van der Waals surface area contributed by atoms with Crippen molar-refractivity contribution in [2.45, 2.75) is 44.7 Å². The second kappa shape index (κ2) is 9.46. The number of hydrogen-bond acceptors (Lipinski definition) is 5. The van der Waals surface area contributed by atoms with Crippen molar-refractivity contribution in [1.29, 1.82) is 0 Å². The van der Waals surface area contributed by atoms with Crippen molar-refractivity contribution >= 4 is 23.3 Å². The molecule has 1 aromatic carbocycles. The lowest BCUT2D eigenvalue weighted by Gasteiger charge is -2.28. The molecular formula is C24H29ClN6O. The van der Waals surface area contributed by atoms with E-state index in [-0.39, 0.29) is 11.9 Å². The molecule has 1 unspecified atom stereocenters. The largest absolute Gasteiger partial charge is 0.358 e. The Morgan fingerprint density at radius 1 is 1.06 bits per heavy atom. The monoisotopic (exact) mass is 452 g/mol. The molecule has 2 N–H and O–H groups in total. The fourth-order valence-corrected chi connectivity index (χ4v) is 4.85. The van der Waals surface area contributed by atoms with Crippen molar-refractivity contribution in [2.24, 2.45) is 0 Å². The van der Waals surface area contributed by atoms with Gasteiger partial charge in [-0.25, -0.2) is 0 Å². The lowest BCUT2D eigenvalue weighted by atomic mass is 10.1. The second-order valence-electron chi connectivity index (χ2n) is 8.75. The summed E-state index contributed by atoms with van der Waals surface area (Å²) in [6, 6.07) is 12.2. The van der Waals surface area contributed by atoms with E-state index in [2.05, 4.69) is 36.4 Å². The zero-order valence-electron chi connectivity index (χ0n) is 18.2. The summed E-state index contributed by atoms with van der Waals surface area (Å²) in [5.41, 5.74) is 2.33. The van der Waals surface area contributed by atoms with Gasteiger partial charge < -0.3 is 20.1 Å². The Bertz CT molecular complexity index is 1040. The normalized spacial score (nSPS) is 19.3. The standard InChI is InChI=1S/C24H29ClN6O/c25-18-7-5-17(6-8-18)16-31-21(30-13-3-1-2-4-14-30)10-9-20-22(28-29-23(20)31)24(32)27-19-11-12-26-15-19/h5-10,19,26H,1-4,11-16H2,(H,27,32). The number of carbonyl (C=O) groups excluding carboxylic acids is 1. The Morgan fingerprint density at radius 2 is 1.84 bits per heavy atom. The lowest BCUT2D eigenvalue weighted by Crippen LogP contribution is -2.36. The molecule has 2 saturated heterocycles. The van der Waals surface area contributed by atoms with Gasteiger partial charge in [0, 0.05) is 30.7 Å². The minimum atomic E-state index is -0.151. The van der Waals surface area contributed by atoms with Gasteiger partial charge in [0.25, 0.3) is 5.91 Å². The molecule has 0 aromatic heterocycles. The van der Waals surface area contributed by atoms with Crippen molar-refractivity contribution in [3.8, 4) is 11.4 Å². The van der Waals surface area contributed by atoms with Gasteiger partial charge in [0.1, 0.15) is 5.82 Å². The van der Waals surface area contributed by atoms with Crippen LogP contribution in [0, 0.1) is 0 Å². The molecule has 1 atom stereocenters. The molecule has 7 nitrogen and oxygen atoms in total. The molecule has 32 heavy (non-hydrogen) atoms. The Kier molecular flexibility index (Phi) is 6.28. The Balaban J connectivity index is 1.51. The summed E-state index contributed by atoms with van der Waals surface area (Å²) in [6.45, 7) is 4.43. The van der Waals surface area contributed by atoms with Gasteiger partial charge >= 0.3 is 0 Å². The number of nitrogens with one attached hydrogen (secondary N) is 2. The van der Waals surface area contributed by atoms with Gasteiger partial charge in [-0.1, -0.05) is 36.6 Å². The van der Waals surface area contributed by atoms with Gasteiger partial charge in [-0.15, -0.1) is 10.2 Å². The van der Waals surface area contributed by atoms with Crippen LogP contribution in [0.2, 0.25) is 5.02 Å². The summed E-state index contributed by atoms with van der Waals surface area (Å²) in [4.78, 5) is 15.4. The number of amides is 1. The molecule has 0 aliphatic carbocycles. The van der Waals surface area contributed by atoms with Gasteiger partial charge in [-0.05, 0) is 55.6 Å². The van der Waals surface area contributed by atoms with Crippen molar-refractivity contribution in [2.75, 3.05) is 31.1 Å². The van der Waals surface area contributed by atoms with E-state index >= 15 is 0 Å². The first-order chi connectivity index (χ1) is 15.7. The SMILES string of the molecule is O=C(NC1CCNC1)c1nnc2n(Cc3ccc(Cl)cc3)c(N3CCCCCC3)ccc1-2. The lowest BCUT2D eigenvalue weighted by molar-refractivity contribution is 0.0935. The van der Waals surface area contributed by atoms with Gasteiger partial charge in [0.2, 0.25) is 0 Å². The van der Waals surface area contributed by atoms with E-state index in [9.17, 15) is 4.79 Å². The van der Waals surface area contributed by atoms with E-state index in [0.717, 1.165) is 60.4 Å². The third kappa shape index (κ3) is 4.45. The average Bonchev–Trinajstić information content (AvgIpc) is 3.39. The smallest absolute Gasteiger partial charge is 0.272 e. The maximum atomic E-state index is 12.9. The molecule has 0 saturated carbocycles. The van der Waals surface area contributed by atoms with E-state index < -0.39 is 0 Å². The molecule has 1 aromatic rings. The summed E-state index contributed by atoms with van der Waals surface area (Å²) in [5.74, 6) is 1.72. The van der Waals surface area contributed by atoms with Crippen molar-refractivity contribution in [3.05, 3.63) is 52.7 Å². The van der Waals surface area contributed by atoms with Crippen LogP contribution >= 0.6 is 11.6 Å². The highest BCUT2D eigenvalue weighted by Gasteiger charge is 2.27. The molecule has 4 aliphatic rings. The van der Waals surface area contributed by atoms with Crippen LogP contribution in [0.15, 0.2) is 36.4 Å². The number of anilines is 1. The van der Waals surface area contributed by atoms with Crippen LogP contribution in [0.5, 0.6) is 0 Å². The molecule has 2 fully saturated rings. The predicted molar refractivity (Wildman–Crippen MR) is 127 cm³/mol. The van der Waals surface area contributed by atoms with E-state index in [4.69, 9.17) is 11.6 Å². The summed E-state index contributed by atoms with van der Waals surface area (Å²) in [7, 11) is 0. The fraction of sp³-hybridized carbons (Fsp3) is 0.458. The number of carbonyl (C=O) groups is 1. The van der Waals surface area contributed by atoms with Gasteiger partial charge in [-0.3, -0.25) is 4.79 Å². The number of halogens is 1. The van der Waals surface area contributed by atoms with E-state index in [1.807, 2.05) is 30.3 Å². The van der Waals surface area contributed by atoms with Crippen LogP contribution in [0.25, 0.3) is 11.4 Å². The molecule has 4 aliphatic heterocycles. The number of benzene rings is 1. The van der Waals surface area contributed by atoms with E-state index in [0.29, 0.717) is 12.2 Å². The van der Waals surface area contributed by atoms with Gasteiger partial charge in [0.05, 0.1) is 12.1 Å². The fourth-order valence-electron chi connectivity index (χ4n) is 4.72. The molecule has 4 heterocycles. The number of hydrogen-bond donors (Lipinski definition) is 2. The number of nitrogens with zero attached hydrogens (tertiary/aromatic N) is 4. The Morgan fingerprint density at radius 3 is 2.56 bits per heavy atom. The topological polar surface area (TPSA) is 75.1 Å². The quantitative estimate of drug-likeness (QED) is 0.619. The van der Waals surface area contributed by atoms with E-state index in [1.165, 1.54) is 25.7 Å². The van der Waals surface area contributed by atoms with Crippen LogP contribution in [-0.2, 0) is 6.54 Å². The van der Waals surface area contributed by atoms with Gasteiger partial charge in [0.15, 0.2) is 11.5 Å². The number of rotatable bonds is 5.